The van der Waals surface area contributed by atoms with Gasteiger partial charge in [-0.05, 0) is 12.5 Å². The molecule has 34 valence electrons. The number of hydrogen-bond acceptors (Lipinski definition) is 3. The van der Waals surface area contributed by atoms with Crippen molar-refractivity contribution in [2.75, 3.05) is 12.5 Å². The van der Waals surface area contributed by atoms with Gasteiger partial charge < -0.3 is 5.48 Å². The van der Waals surface area contributed by atoms with Gasteiger partial charge in [0.25, 0.3) is 0 Å². The van der Waals surface area contributed by atoms with Gasteiger partial charge in [-0.2, -0.15) is 0 Å². The minimum Gasteiger partial charge on any atom is -0.870 e. The Balaban J connectivity index is -0.0000000450. The van der Waals surface area contributed by atoms with E-state index in [1.54, 1.807) is 21.6 Å². The van der Waals surface area contributed by atoms with Crippen LogP contribution in [0, 0.1) is 0 Å². The molecule has 0 saturated carbocycles. The summed E-state index contributed by atoms with van der Waals surface area (Å²) in [5.41, 5.74) is 0. The van der Waals surface area contributed by atoms with E-state index in [0.29, 0.717) is 0 Å². The van der Waals surface area contributed by atoms with Crippen LogP contribution in [-0.4, -0.2) is 18.0 Å². The molecule has 0 aromatic heterocycles. The molecule has 0 aliphatic heterocycles. The zero-order chi connectivity index (χ0) is 3.41. The van der Waals surface area contributed by atoms with Gasteiger partial charge in [0.1, 0.15) is 0 Å². The minimum atomic E-state index is 0. The second-order valence-corrected chi connectivity index (χ2v) is 3.00. The maximum Gasteiger partial charge on any atom is 1.00 e. The third-order valence-corrected chi connectivity index (χ3v) is 1.50. The SMILES string of the molecule is CSSC.[Na+].[OH-]. The molecule has 0 radical (unpaired) electrons. The molecule has 0 heterocycles. The van der Waals surface area contributed by atoms with Crippen molar-refractivity contribution in [2.45, 2.75) is 0 Å². The molecule has 1 N–H and O–H groups in total. The van der Waals surface area contributed by atoms with Crippen molar-refractivity contribution in [3.05, 3.63) is 0 Å². The molecule has 0 aromatic rings. The molecule has 0 aliphatic carbocycles. The van der Waals surface area contributed by atoms with Crippen molar-refractivity contribution in [1.29, 1.82) is 0 Å². The van der Waals surface area contributed by atoms with E-state index in [-0.39, 0.29) is 35.0 Å². The molecular formula is C2H7NaOS2. The van der Waals surface area contributed by atoms with Gasteiger partial charge in [-0.1, -0.05) is 21.6 Å². The molecule has 0 fully saturated rings. The Morgan fingerprint density at radius 2 is 1.17 bits per heavy atom. The Morgan fingerprint density at radius 3 is 1.17 bits per heavy atom. The molecule has 0 spiro atoms. The first kappa shape index (κ1) is 15.6. The predicted octanol–water partition coefficient (Wildman–Crippen LogP) is -1.55. The summed E-state index contributed by atoms with van der Waals surface area (Å²) in [6.07, 6.45) is 4.12. The van der Waals surface area contributed by atoms with Gasteiger partial charge in [-0.3, -0.25) is 0 Å². The van der Waals surface area contributed by atoms with Crippen LogP contribution in [0.2, 0.25) is 0 Å². The molecule has 6 heavy (non-hydrogen) atoms. The fourth-order valence-corrected chi connectivity index (χ4v) is 0. The normalized spacial score (nSPS) is 5.00. The fraction of sp³-hybridized carbons (Fsp3) is 1.00. The molecule has 0 amide bonds. The molecule has 0 rings (SSSR count). The van der Waals surface area contributed by atoms with E-state index in [9.17, 15) is 0 Å². The van der Waals surface area contributed by atoms with E-state index in [0.717, 1.165) is 0 Å². The van der Waals surface area contributed by atoms with Crippen molar-refractivity contribution in [1.82, 2.24) is 0 Å². The van der Waals surface area contributed by atoms with Gasteiger partial charge in [-0.25, -0.2) is 0 Å². The van der Waals surface area contributed by atoms with Crippen LogP contribution in [0.4, 0.5) is 0 Å². The van der Waals surface area contributed by atoms with Gasteiger partial charge in [0.05, 0.1) is 0 Å². The first-order chi connectivity index (χ1) is 1.91. The van der Waals surface area contributed by atoms with E-state index < -0.39 is 0 Å². The maximum atomic E-state index is 2.06. The van der Waals surface area contributed by atoms with Crippen molar-refractivity contribution in [2.24, 2.45) is 0 Å². The van der Waals surface area contributed by atoms with Crippen LogP contribution in [0.5, 0.6) is 0 Å². The van der Waals surface area contributed by atoms with Crippen LogP contribution < -0.4 is 29.6 Å². The van der Waals surface area contributed by atoms with Crippen LogP contribution in [0.3, 0.4) is 0 Å². The van der Waals surface area contributed by atoms with Crippen molar-refractivity contribution < 1.29 is 35.0 Å². The van der Waals surface area contributed by atoms with Gasteiger partial charge >= 0.3 is 29.6 Å². The first-order valence-electron chi connectivity index (χ1n) is 0.983. The van der Waals surface area contributed by atoms with Crippen LogP contribution in [0.15, 0.2) is 0 Å². The number of hydrogen-bond donors (Lipinski definition) is 0. The van der Waals surface area contributed by atoms with Gasteiger partial charge in [0, 0.05) is 0 Å². The largest absolute Gasteiger partial charge is 1.00 e. The molecule has 1 nitrogen and oxygen atoms in total. The first-order valence-corrected chi connectivity index (χ1v) is 3.95. The molecule has 4 heteroatoms. The summed E-state index contributed by atoms with van der Waals surface area (Å²) in [5.74, 6) is 0. The average molecular weight is 134 g/mol. The average Bonchev–Trinajstić information content (AvgIpc) is 1.37. The minimum absolute atomic E-state index is 0. The summed E-state index contributed by atoms with van der Waals surface area (Å²) in [4.78, 5) is 0. The van der Waals surface area contributed by atoms with Crippen molar-refractivity contribution in [3.63, 3.8) is 0 Å². The standard InChI is InChI=1S/C2H6S2.Na.H2O/c1-3-4-2;;/h1-2H3;;1H2/q;+1;/p-1. The smallest absolute Gasteiger partial charge is 0.870 e. The Hall–Kier alpha value is 1.66. The monoisotopic (exact) mass is 134 g/mol. The van der Waals surface area contributed by atoms with Crippen LogP contribution in [-0.2, 0) is 0 Å². The summed E-state index contributed by atoms with van der Waals surface area (Å²) in [5, 5.41) is 0. The van der Waals surface area contributed by atoms with Crippen LogP contribution in [0.1, 0.15) is 0 Å². The fourth-order valence-electron chi connectivity index (χ4n) is 0. The zero-order valence-electron chi connectivity index (χ0n) is 4.26. The second-order valence-electron chi connectivity index (χ2n) is 0.333. The molecule has 0 unspecified atom stereocenters. The summed E-state index contributed by atoms with van der Waals surface area (Å²) < 4.78 is 0. The molecular weight excluding hydrogens is 127 g/mol. The van der Waals surface area contributed by atoms with Gasteiger partial charge in [0.2, 0.25) is 0 Å². The van der Waals surface area contributed by atoms with Crippen molar-refractivity contribution in [3.8, 4) is 0 Å². The van der Waals surface area contributed by atoms with E-state index in [1.807, 2.05) is 0 Å². The van der Waals surface area contributed by atoms with E-state index >= 15 is 0 Å². The number of rotatable bonds is 1. The second kappa shape index (κ2) is 15.9. The Bertz CT molecular complexity index is 13.5. The summed E-state index contributed by atoms with van der Waals surface area (Å²) in [6, 6.07) is 0. The third-order valence-electron chi connectivity index (χ3n) is 0.167. The predicted molar refractivity (Wildman–Crippen MR) is 29.0 cm³/mol. The molecule has 0 bridgehead atoms. The van der Waals surface area contributed by atoms with Crippen LogP contribution >= 0.6 is 21.6 Å². The zero-order valence-corrected chi connectivity index (χ0v) is 7.90. The van der Waals surface area contributed by atoms with E-state index in [1.165, 1.54) is 0 Å². The van der Waals surface area contributed by atoms with Gasteiger partial charge in [0.15, 0.2) is 0 Å². The van der Waals surface area contributed by atoms with E-state index in [4.69, 9.17) is 0 Å². The quantitative estimate of drug-likeness (QED) is 0.321. The summed E-state index contributed by atoms with van der Waals surface area (Å²) >= 11 is 0. The molecule has 0 saturated heterocycles. The van der Waals surface area contributed by atoms with Gasteiger partial charge in [-0.15, -0.1) is 0 Å². The molecule has 0 aliphatic rings. The Labute approximate surface area is 68.6 Å². The van der Waals surface area contributed by atoms with E-state index in [2.05, 4.69) is 12.5 Å². The summed E-state index contributed by atoms with van der Waals surface area (Å²) in [7, 11) is 3.55. The Kier molecular flexibility index (Phi) is 41.5. The topological polar surface area (TPSA) is 30.0 Å². The maximum absolute atomic E-state index is 2.06. The Morgan fingerprint density at radius 1 is 1.00 bits per heavy atom. The van der Waals surface area contributed by atoms with Crippen LogP contribution in [0.25, 0.3) is 0 Å². The summed E-state index contributed by atoms with van der Waals surface area (Å²) in [6.45, 7) is 0. The molecule has 0 atom stereocenters. The molecule has 0 aromatic carbocycles. The van der Waals surface area contributed by atoms with Crippen molar-refractivity contribution >= 4 is 21.6 Å². The third kappa shape index (κ3) is 17.4.